The number of aryl methyl sites for hydroxylation is 1. The number of carbonyl (C=O) groups is 1. The molecule has 4 rings (SSSR count). The molecule has 7 nitrogen and oxygen atoms in total. The molecule has 8 heteroatoms. The van der Waals surface area contributed by atoms with Crippen LogP contribution in [0.2, 0.25) is 0 Å². The Morgan fingerprint density at radius 1 is 1.10 bits per heavy atom. The molecule has 3 heterocycles. The number of carbonyl (C=O) groups excluding carboxylic acids is 1. The molecule has 1 amide bonds. The first-order valence-electron chi connectivity index (χ1n) is 9.48. The molecule has 0 aliphatic rings. The van der Waals surface area contributed by atoms with E-state index in [0.717, 1.165) is 5.69 Å². The molecule has 0 spiro atoms. The van der Waals surface area contributed by atoms with Crippen molar-refractivity contribution in [3.63, 3.8) is 0 Å². The first-order valence-corrected chi connectivity index (χ1v) is 9.48. The molecule has 1 aromatic carbocycles. The number of anilines is 1. The standard InChI is InChI=1S/C22H21FN6O/c1-13-10-16(15-7-6-14(23)11-17(15)26-13)20(30)27-19-12-18(22(2,3)4)28-29(19)21-24-8-5-9-25-21/h5-12H,1-4H3,(H,27,30). The van der Waals surface area contributed by atoms with E-state index in [0.29, 0.717) is 33.9 Å². The van der Waals surface area contributed by atoms with Gasteiger partial charge in [-0.3, -0.25) is 9.78 Å². The number of aromatic nitrogens is 5. The number of rotatable bonds is 3. The second kappa shape index (κ2) is 7.29. The van der Waals surface area contributed by atoms with Crippen molar-refractivity contribution in [1.29, 1.82) is 0 Å². The van der Waals surface area contributed by atoms with Gasteiger partial charge in [-0.2, -0.15) is 9.78 Å². The third kappa shape index (κ3) is 3.76. The number of amides is 1. The number of benzene rings is 1. The summed E-state index contributed by atoms with van der Waals surface area (Å²) < 4.78 is 15.1. The molecule has 0 bridgehead atoms. The van der Waals surface area contributed by atoms with Crippen molar-refractivity contribution in [2.75, 3.05) is 5.32 Å². The molecule has 0 fully saturated rings. The molecule has 30 heavy (non-hydrogen) atoms. The predicted octanol–water partition coefficient (Wildman–Crippen LogP) is 4.21. The zero-order valence-corrected chi connectivity index (χ0v) is 17.1. The van der Waals surface area contributed by atoms with E-state index in [1.54, 1.807) is 37.5 Å². The van der Waals surface area contributed by atoms with Gasteiger partial charge in [-0.15, -0.1) is 0 Å². The van der Waals surface area contributed by atoms with Gasteiger partial charge < -0.3 is 5.32 Å². The number of nitrogens with one attached hydrogen (secondary N) is 1. The maximum absolute atomic E-state index is 13.6. The molecule has 0 saturated carbocycles. The van der Waals surface area contributed by atoms with Crippen LogP contribution in [0.4, 0.5) is 10.2 Å². The number of nitrogens with zero attached hydrogens (tertiary/aromatic N) is 5. The third-order valence-corrected chi connectivity index (χ3v) is 4.61. The minimum Gasteiger partial charge on any atom is -0.306 e. The zero-order valence-electron chi connectivity index (χ0n) is 17.1. The zero-order chi connectivity index (χ0) is 21.5. The number of hydrogen-bond acceptors (Lipinski definition) is 5. The molecule has 152 valence electrons. The van der Waals surface area contributed by atoms with Crippen molar-refractivity contribution < 1.29 is 9.18 Å². The monoisotopic (exact) mass is 404 g/mol. The van der Waals surface area contributed by atoms with Crippen LogP contribution in [0.15, 0.2) is 48.8 Å². The van der Waals surface area contributed by atoms with Crippen LogP contribution < -0.4 is 5.32 Å². The van der Waals surface area contributed by atoms with Gasteiger partial charge in [0.2, 0.25) is 0 Å². The summed E-state index contributed by atoms with van der Waals surface area (Å²) in [6, 6.07) is 9.39. The molecule has 1 N–H and O–H groups in total. The summed E-state index contributed by atoms with van der Waals surface area (Å²) in [5.74, 6) is 0.0396. The van der Waals surface area contributed by atoms with Gasteiger partial charge >= 0.3 is 0 Å². The Bertz CT molecular complexity index is 1240. The van der Waals surface area contributed by atoms with Gasteiger partial charge in [0, 0.05) is 41.0 Å². The summed E-state index contributed by atoms with van der Waals surface area (Å²) in [5.41, 5.74) is 1.99. The van der Waals surface area contributed by atoms with Crippen molar-refractivity contribution in [3.05, 3.63) is 71.6 Å². The van der Waals surface area contributed by atoms with Gasteiger partial charge in [0.1, 0.15) is 11.6 Å². The highest BCUT2D eigenvalue weighted by molar-refractivity contribution is 6.12. The van der Waals surface area contributed by atoms with E-state index in [1.165, 1.54) is 16.8 Å². The summed E-state index contributed by atoms with van der Waals surface area (Å²) in [7, 11) is 0. The second-order valence-electron chi connectivity index (χ2n) is 8.05. The van der Waals surface area contributed by atoms with Crippen molar-refractivity contribution in [2.24, 2.45) is 0 Å². The number of halogens is 1. The van der Waals surface area contributed by atoms with E-state index in [-0.39, 0.29) is 11.3 Å². The molecule has 0 atom stereocenters. The lowest BCUT2D eigenvalue weighted by atomic mass is 9.92. The van der Waals surface area contributed by atoms with Gasteiger partial charge in [-0.25, -0.2) is 14.4 Å². The van der Waals surface area contributed by atoms with E-state index in [9.17, 15) is 9.18 Å². The van der Waals surface area contributed by atoms with Gasteiger partial charge in [0.15, 0.2) is 0 Å². The largest absolute Gasteiger partial charge is 0.306 e. The minimum absolute atomic E-state index is 0.239. The summed E-state index contributed by atoms with van der Waals surface area (Å²) >= 11 is 0. The quantitative estimate of drug-likeness (QED) is 0.553. The van der Waals surface area contributed by atoms with Crippen LogP contribution in [-0.2, 0) is 5.41 Å². The fraction of sp³-hybridized carbons (Fsp3) is 0.227. The highest BCUT2D eigenvalue weighted by Gasteiger charge is 2.23. The Kier molecular flexibility index (Phi) is 4.77. The highest BCUT2D eigenvalue weighted by Crippen LogP contribution is 2.26. The minimum atomic E-state index is -0.402. The molecule has 0 aliphatic heterocycles. The van der Waals surface area contributed by atoms with E-state index < -0.39 is 5.82 Å². The SMILES string of the molecule is Cc1cc(C(=O)Nc2cc(C(C)(C)C)nn2-c2ncccn2)c2ccc(F)cc2n1. The van der Waals surface area contributed by atoms with Gasteiger partial charge in [0.05, 0.1) is 16.8 Å². The highest BCUT2D eigenvalue weighted by atomic mass is 19.1. The van der Waals surface area contributed by atoms with E-state index in [1.807, 2.05) is 26.8 Å². The first kappa shape index (κ1) is 19.6. The number of hydrogen-bond donors (Lipinski definition) is 1. The summed E-state index contributed by atoms with van der Waals surface area (Å²) in [6.07, 6.45) is 3.22. The number of pyridine rings is 1. The third-order valence-electron chi connectivity index (χ3n) is 4.61. The molecule has 3 aromatic heterocycles. The van der Waals surface area contributed by atoms with Crippen LogP contribution in [0, 0.1) is 12.7 Å². The Morgan fingerprint density at radius 2 is 1.83 bits per heavy atom. The van der Waals surface area contributed by atoms with Crippen molar-refractivity contribution in [3.8, 4) is 5.95 Å². The topological polar surface area (TPSA) is 85.6 Å². The smallest absolute Gasteiger partial charge is 0.257 e. The summed E-state index contributed by atoms with van der Waals surface area (Å²) in [4.78, 5) is 26.0. The molecule has 0 radical (unpaired) electrons. The van der Waals surface area contributed by atoms with Crippen LogP contribution in [0.25, 0.3) is 16.9 Å². The van der Waals surface area contributed by atoms with Crippen molar-refractivity contribution in [2.45, 2.75) is 33.1 Å². The molecule has 0 aliphatic carbocycles. The molecular weight excluding hydrogens is 383 g/mol. The average Bonchev–Trinajstić information content (AvgIpc) is 3.12. The Morgan fingerprint density at radius 3 is 2.53 bits per heavy atom. The normalized spacial score (nSPS) is 11.6. The summed E-state index contributed by atoms with van der Waals surface area (Å²) in [6.45, 7) is 7.86. The fourth-order valence-corrected chi connectivity index (χ4v) is 3.10. The average molecular weight is 404 g/mol. The fourth-order valence-electron chi connectivity index (χ4n) is 3.10. The molecule has 4 aromatic rings. The lowest BCUT2D eigenvalue weighted by Crippen LogP contribution is -2.17. The Balaban J connectivity index is 1.79. The second-order valence-corrected chi connectivity index (χ2v) is 8.05. The molecule has 0 unspecified atom stereocenters. The van der Waals surface area contributed by atoms with E-state index in [4.69, 9.17) is 0 Å². The van der Waals surface area contributed by atoms with Gasteiger partial charge in [-0.05, 0) is 31.2 Å². The maximum atomic E-state index is 13.6. The first-order chi connectivity index (χ1) is 14.2. The van der Waals surface area contributed by atoms with Gasteiger partial charge in [0.25, 0.3) is 11.9 Å². The lowest BCUT2D eigenvalue weighted by Gasteiger charge is -2.13. The van der Waals surface area contributed by atoms with E-state index >= 15 is 0 Å². The number of fused-ring (bicyclic) bond motifs is 1. The van der Waals surface area contributed by atoms with Gasteiger partial charge in [-0.1, -0.05) is 20.8 Å². The predicted molar refractivity (Wildman–Crippen MR) is 112 cm³/mol. The molecule has 0 saturated heterocycles. The maximum Gasteiger partial charge on any atom is 0.257 e. The Labute approximate surface area is 173 Å². The van der Waals surface area contributed by atoms with Crippen LogP contribution in [0.5, 0.6) is 0 Å². The van der Waals surface area contributed by atoms with E-state index in [2.05, 4.69) is 25.4 Å². The van der Waals surface area contributed by atoms with Crippen LogP contribution in [0.1, 0.15) is 42.5 Å². The van der Waals surface area contributed by atoms with Crippen molar-refractivity contribution in [1.82, 2.24) is 24.7 Å². The Hall–Kier alpha value is -3.68. The van der Waals surface area contributed by atoms with Crippen molar-refractivity contribution >= 4 is 22.6 Å². The van der Waals surface area contributed by atoms with Crippen LogP contribution >= 0.6 is 0 Å². The summed E-state index contributed by atoms with van der Waals surface area (Å²) in [5, 5.41) is 8.08. The molecular formula is C22H21FN6O. The van der Waals surface area contributed by atoms with Crippen LogP contribution in [0.3, 0.4) is 0 Å². The van der Waals surface area contributed by atoms with Crippen LogP contribution in [-0.4, -0.2) is 30.6 Å². The lowest BCUT2D eigenvalue weighted by molar-refractivity contribution is 0.102.